The van der Waals surface area contributed by atoms with Crippen LogP contribution in [-0.4, -0.2) is 24.0 Å². The predicted molar refractivity (Wildman–Crippen MR) is 78.3 cm³/mol. The molecule has 1 atom stereocenters. The SMILES string of the molecule is COc1ccc2c(c1)C(=O)CC(C(=O)O)(c1ccccc1)O2. The normalized spacial score (nSPS) is 20.0. The minimum absolute atomic E-state index is 0.253. The molecule has 1 N–H and O–H groups in total. The van der Waals surface area contributed by atoms with E-state index in [0.29, 0.717) is 16.9 Å². The van der Waals surface area contributed by atoms with Gasteiger partial charge in [-0.15, -0.1) is 0 Å². The van der Waals surface area contributed by atoms with Crippen LogP contribution in [0.1, 0.15) is 22.3 Å². The number of ether oxygens (including phenoxy) is 2. The van der Waals surface area contributed by atoms with Crippen LogP contribution in [0.15, 0.2) is 48.5 Å². The van der Waals surface area contributed by atoms with E-state index in [1.165, 1.54) is 7.11 Å². The number of methoxy groups -OCH3 is 1. The molecule has 1 aliphatic heterocycles. The van der Waals surface area contributed by atoms with Gasteiger partial charge >= 0.3 is 5.97 Å². The van der Waals surface area contributed by atoms with Gasteiger partial charge in [0.1, 0.15) is 11.5 Å². The lowest BCUT2D eigenvalue weighted by Crippen LogP contribution is -2.46. The summed E-state index contributed by atoms with van der Waals surface area (Å²) >= 11 is 0. The Labute approximate surface area is 127 Å². The third-order valence-corrected chi connectivity index (χ3v) is 3.77. The summed E-state index contributed by atoms with van der Waals surface area (Å²) in [5.74, 6) is -0.693. The van der Waals surface area contributed by atoms with Gasteiger partial charge in [0, 0.05) is 5.56 Å². The lowest BCUT2D eigenvalue weighted by Gasteiger charge is -2.34. The number of rotatable bonds is 3. The molecule has 0 fully saturated rings. The molecule has 112 valence electrons. The van der Waals surface area contributed by atoms with Crippen molar-refractivity contribution < 1.29 is 24.2 Å². The lowest BCUT2D eigenvalue weighted by molar-refractivity contribution is -0.156. The molecule has 0 aliphatic carbocycles. The van der Waals surface area contributed by atoms with E-state index < -0.39 is 11.6 Å². The molecule has 1 unspecified atom stereocenters. The first-order valence-electron chi connectivity index (χ1n) is 6.76. The first-order chi connectivity index (χ1) is 10.6. The molecular weight excluding hydrogens is 284 g/mol. The van der Waals surface area contributed by atoms with E-state index in [0.717, 1.165) is 0 Å². The van der Waals surface area contributed by atoms with Gasteiger partial charge in [-0.2, -0.15) is 0 Å². The van der Waals surface area contributed by atoms with Crippen molar-refractivity contribution in [2.24, 2.45) is 0 Å². The van der Waals surface area contributed by atoms with Crippen LogP contribution in [-0.2, 0) is 10.4 Å². The van der Waals surface area contributed by atoms with Crippen molar-refractivity contribution in [1.82, 2.24) is 0 Å². The summed E-state index contributed by atoms with van der Waals surface area (Å²) in [6, 6.07) is 13.3. The number of carbonyl (C=O) groups is 2. The van der Waals surface area contributed by atoms with E-state index in [4.69, 9.17) is 9.47 Å². The fourth-order valence-electron chi connectivity index (χ4n) is 2.60. The maximum absolute atomic E-state index is 12.4. The van der Waals surface area contributed by atoms with Crippen LogP contribution in [0.25, 0.3) is 0 Å². The molecular formula is C17H14O5. The van der Waals surface area contributed by atoms with Gasteiger partial charge in [-0.05, 0) is 18.2 Å². The number of ketones is 1. The second-order valence-electron chi connectivity index (χ2n) is 5.06. The average molecular weight is 298 g/mol. The van der Waals surface area contributed by atoms with Crippen LogP contribution < -0.4 is 9.47 Å². The van der Waals surface area contributed by atoms with Gasteiger partial charge in [-0.25, -0.2) is 4.79 Å². The number of hydrogen-bond acceptors (Lipinski definition) is 4. The van der Waals surface area contributed by atoms with E-state index in [1.807, 2.05) is 0 Å². The fraction of sp³-hybridized carbons (Fsp3) is 0.176. The Morgan fingerprint density at radius 2 is 1.95 bits per heavy atom. The standard InChI is InChI=1S/C17H14O5/c1-21-12-7-8-15-13(9-12)14(18)10-17(22-15,16(19)20)11-5-3-2-4-6-11/h2-9H,10H2,1H3,(H,19,20). The Morgan fingerprint density at radius 3 is 2.59 bits per heavy atom. The molecule has 2 aromatic carbocycles. The number of hydrogen-bond donors (Lipinski definition) is 1. The van der Waals surface area contributed by atoms with Crippen molar-refractivity contribution in [2.45, 2.75) is 12.0 Å². The number of carbonyl (C=O) groups excluding carboxylic acids is 1. The smallest absolute Gasteiger partial charge is 0.353 e. The average Bonchev–Trinajstić information content (AvgIpc) is 2.55. The van der Waals surface area contributed by atoms with Crippen molar-refractivity contribution in [2.75, 3.05) is 7.11 Å². The molecule has 1 aliphatic rings. The molecule has 0 radical (unpaired) electrons. The third-order valence-electron chi connectivity index (χ3n) is 3.77. The predicted octanol–water partition coefficient (Wildman–Crippen LogP) is 2.64. The quantitative estimate of drug-likeness (QED) is 0.943. The van der Waals surface area contributed by atoms with E-state index in [1.54, 1.807) is 48.5 Å². The summed E-state index contributed by atoms with van der Waals surface area (Å²) in [6.07, 6.45) is -0.257. The topological polar surface area (TPSA) is 72.8 Å². The van der Waals surface area contributed by atoms with E-state index in [2.05, 4.69) is 0 Å². The summed E-state index contributed by atoms with van der Waals surface area (Å²) in [5.41, 5.74) is -0.913. The fourth-order valence-corrected chi connectivity index (χ4v) is 2.60. The third kappa shape index (κ3) is 2.11. The first kappa shape index (κ1) is 14.1. The Morgan fingerprint density at radius 1 is 1.23 bits per heavy atom. The number of carboxylic acids is 1. The molecule has 0 saturated carbocycles. The van der Waals surface area contributed by atoms with Gasteiger partial charge < -0.3 is 14.6 Å². The molecule has 0 spiro atoms. The Hall–Kier alpha value is -2.82. The number of aliphatic carboxylic acids is 1. The molecule has 0 bridgehead atoms. The summed E-state index contributed by atoms with van der Waals surface area (Å²) in [5, 5.41) is 9.68. The molecule has 1 heterocycles. The van der Waals surface area contributed by atoms with Gasteiger partial charge in [-0.1, -0.05) is 30.3 Å². The first-order valence-corrected chi connectivity index (χ1v) is 6.76. The summed E-state index contributed by atoms with van der Waals surface area (Å²) in [7, 11) is 1.50. The Balaban J connectivity index is 2.12. The largest absolute Gasteiger partial charge is 0.497 e. The number of carboxylic acid groups (broad SMARTS) is 1. The maximum atomic E-state index is 12.4. The minimum atomic E-state index is -1.69. The summed E-state index contributed by atoms with van der Waals surface area (Å²) in [6.45, 7) is 0. The van der Waals surface area contributed by atoms with Crippen LogP contribution in [0.4, 0.5) is 0 Å². The zero-order chi connectivity index (χ0) is 15.7. The van der Waals surface area contributed by atoms with Gasteiger partial charge in [0.15, 0.2) is 5.78 Å². The van der Waals surface area contributed by atoms with Crippen molar-refractivity contribution in [1.29, 1.82) is 0 Å². The van der Waals surface area contributed by atoms with Crippen LogP contribution in [0, 0.1) is 0 Å². The van der Waals surface area contributed by atoms with E-state index >= 15 is 0 Å². The molecule has 5 nitrogen and oxygen atoms in total. The van der Waals surface area contributed by atoms with Crippen molar-refractivity contribution >= 4 is 11.8 Å². The Bertz CT molecular complexity index is 738. The molecule has 22 heavy (non-hydrogen) atoms. The highest BCUT2D eigenvalue weighted by Crippen LogP contribution is 2.41. The van der Waals surface area contributed by atoms with Crippen molar-refractivity contribution in [3.63, 3.8) is 0 Å². The van der Waals surface area contributed by atoms with Crippen LogP contribution in [0.5, 0.6) is 11.5 Å². The van der Waals surface area contributed by atoms with Gasteiger partial charge in [0.2, 0.25) is 5.60 Å². The maximum Gasteiger partial charge on any atom is 0.353 e. The van der Waals surface area contributed by atoms with Gasteiger partial charge in [-0.3, -0.25) is 4.79 Å². The minimum Gasteiger partial charge on any atom is -0.497 e. The number of benzene rings is 2. The number of Topliss-reactive ketones (excluding diaryl/α,β-unsaturated/α-hetero) is 1. The molecule has 5 heteroatoms. The zero-order valence-corrected chi connectivity index (χ0v) is 11.9. The molecule has 0 aromatic heterocycles. The van der Waals surface area contributed by atoms with Gasteiger partial charge in [0.25, 0.3) is 0 Å². The molecule has 0 amide bonds. The summed E-state index contributed by atoms with van der Waals surface area (Å²) < 4.78 is 10.8. The molecule has 2 aromatic rings. The second kappa shape index (κ2) is 5.18. The van der Waals surface area contributed by atoms with E-state index in [-0.39, 0.29) is 18.0 Å². The highest BCUT2D eigenvalue weighted by atomic mass is 16.5. The van der Waals surface area contributed by atoms with E-state index in [9.17, 15) is 14.7 Å². The van der Waals surface area contributed by atoms with Crippen LogP contribution in [0.3, 0.4) is 0 Å². The number of fused-ring (bicyclic) bond motifs is 1. The highest BCUT2D eigenvalue weighted by Gasteiger charge is 2.48. The zero-order valence-electron chi connectivity index (χ0n) is 11.9. The van der Waals surface area contributed by atoms with Crippen molar-refractivity contribution in [3.8, 4) is 11.5 Å². The van der Waals surface area contributed by atoms with Crippen LogP contribution >= 0.6 is 0 Å². The second-order valence-corrected chi connectivity index (χ2v) is 5.06. The van der Waals surface area contributed by atoms with Gasteiger partial charge in [0.05, 0.1) is 19.1 Å². The van der Waals surface area contributed by atoms with Crippen LogP contribution in [0.2, 0.25) is 0 Å². The monoisotopic (exact) mass is 298 g/mol. The van der Waals surface area contributed by atoms with Crippen molar-refractivity contribution in [3.05, 3.63) is 59.7 Å². The molecule has 3 rings (SSSR count). The molecule has 0 saturated heterocycles. The Kier molecular flexibility index (Phi) is 3.33. The lowest BCUT2D eigenvalue weighted by atomic mass is 9.84. The highest BCUT2D eigenvalue weighted by molar-refractivity contribution is 6.04. The summed E-state index contributed by atoms with van der Waals surface area (Å²) in [4.78, 5) is 24.3.